The summed E-state index contributed by atoms with van der Waals surface area (Å²) in [6.07, 6.45) is -2.18. The molecule has 0 aliphatic heterocycles. The van der Waals surface area contributed by atoms with Crippen LogP contribution in [0, 0.1) is 17.2 Å². The van der Waals surface area contributed by atoms with Crippen molar-refractivity contribution in [3.63, 3.8) is 0 Å². The van der Waals surface area contributed by atoms with E-state index in [1.54, 1.807) is 0 Å². The first-order valence-corrected chi connectivity index (χ1v) is 10.7. The molecule has 0 saturated heterocycles. The third kappa shape index (κ3) is 5.87. The third-order valence-electron chi connectivity index (χ3n) is 4.41. The number of thiazole rings is 1. The Balaban J connectivity index is 1.81. The second-order valence-corrected chi connectivity index (χ2v) is 8.60. The fourth-order valence-corrected chi connectivity index (χ4v) is 3.88. The van der Waals surface area contributed by atoms with Crippen molar-refractivity contribution in [1.29, 1.82) is 5.26 Å². The standard InChI is InChI=1S/C23H19ClF3N3S/c1-14(2)9-15-3-5-16(6-4-15)21-13-31-22(30-21)17(11-28)12-29-20-10-18(23(25,26)27)7-8-19(20)24/h3-8,10,12-14,29H,9H2,1-2H3. The van der Waals surface area contributed by atoms with Crippen molar-refractivity contribution in [2.75, 3.05) is 5.32 Å². The van der Waals surface area contributed by atoms with E-state index in [-0.39, 0.29) is 16.3 Å². The second kappa shape index (κ2) is 9.54. The second-order valence-electron chi connectivity index (χ2n) is 7.34. The molecule has 1 aromatic heterocycles. The van der Waals surface area contributed by atoms with Crippen LogP contribution in [0.4, 0.5) is 18.9 Å². The molecular formula is C23H19ClF3N3S. The minimum Gasteiger partial charge on any atom is -0.359 e. The van der Waals surface area contributed by atoms with Gasteiger partial charge in [0.05, 0.1) is 22.0 Å². The molecule has 3 aromatic rings. The van der Waals surface area contributed by atoms with E-state index in [0.717, 1.165) is 35.9 Å². The topological polar surface area (TPSA) is 48.7 Å². The van der Waals surface area contributed by atoms with Crippen molar-refractivity contribution in [2.45, 2.75) is 26.4 Å². The van der Waals surface area contributed by atoms with E-state index in [2.05, 4.69) is 36.3 Å². The normalized spacial score (nSPS) is 12.1. The minimum atomic E-state index is -4.49. The summed E-state index contributed by atoms with van der Waals surface area (Å²) in [6, 6.07) is 13.1. The van der Waals surface area contributed by atoms with Crippen LogP contribution < -0.4 is 5.32 Å². The third-order valence-corrected chi connectivity index (χ3v) is 5.62. The van der Waals surface area contributed by atoms with Gasteiger partial charge in [-0.25, -0.2) is 4.98 Å². The zero-order valence-electron chi connectivity index (χ0n) is 16.8. The Kier molecular flexibility index (Phi) is 7.04. The van der Waals surface area contributed by atoms with Gasteiger partial charge in [-0.15, -0.1) is 11.3 Å². The van der Waals surface area contributed by atoms with Gasteiger partial charge in [-0.05, 0) is 36.1 Å². The van der Waals surface area contributed by atoms with Crippen molar-refractivity contribution in [1.82, 2.24) is 4.98 Å². The maximum absolute atomic E-state index is 12.9. The van der Waals surface area contributed by atoms with Crippen LogP contribution in [0.5, 0.6) is 0 Å². The monoisotopic (exact) mass is 461 g/mol. The summed E-state index contributed by atoms with van der Waals surface area (Å²) < 4.78 is 38.8. The molecule has 160 valence electrons. The largest absolute Gasteiger partial charge is 0.416 e. The van der Waals surface area contributed by atoms with Gasteiger partial charge in [-0.2, -0.15) is 18.4 Å². The maximum atomic E-state index is 12.9. The van der Waals surface area contributed by atoms with Crippen molar-refractivity contribution in [3.8, 4) is 17.3 Å². The fourth-order valence-electron chi connectivity index (χ4n) is 2.92. The molecule has 0 fully saturated rings. The maximum Gasteiger partial charge on any atom is 0.416 e. The molecule has 0 unspecified atom stereocenters. The Morgan fingerprint density at radius 2 is 1.94 bits per heavy atom. The molecule has 0 aliphatic carbocycles. The number of halogens is 4. The van der Waals surface area contributed by atoms with Gasteiger partial charge in [0.1, 0.15) is 16.6 Å². The molecular weight excluding hydrogens is 443 g/mol. The van der Waals surface area contributed by atoms with Gasteiger partial charge < -0.3 is 5.32 Å². The molecule has 8 heteroatoms. The van der Waals surface area contributed by atoms with E-state index in [0.29, 0.717) is 10.9 Å². The number of alkyl halides is 3. The number of nitrogens with one attached hydrogen (secondary N) is 1. The minimum absolute atomic E-state index is 0.0572. The SMILES string of the molecule is CC(C)Cc1ccc(-c2csc(C(C#N)=CNc3cc(C(F)(F)F)ccc3Cl)n2)cc1. The highest BCUT2D eigenvalue weighted by molar-refractivity contribution is 7.11. The predicted octanol–water partition coefficient (Wildman–Crippen LogP) is 7.66. The molecule has 1 N–H and O–H groups in total. The number of nitrogens with zero attached hydrogens (tertiary/aromatic N) is 2. The first-order valence-electron chi connectivity index (χ1n) is 9.46. The Morgan fingerprint density at radius 1 is 1.23 bits per heavy atom. The average molecular weight is 462 g/mol. The average Bonchev–Trinajstić information content (AvgIpc) is 3.19. The number of aromatic nitrogens is 1. The summed E-state index contributed by atoms with van der Waals surface area (Å²) >= 11 is 7.28. The van der Waals surface area contributed by atoms with Crippen molar-refractivity contribution in [3.05, 3.63) is 75.2 Å². The molecule has 0 radical (unpaired) electrons. The molecule has 0 amide bonds. The molecule has 1 heterocycles. The number of hydrogen-bond donors (Lipinski definition) is 1. The van der Waals surface area contributed by atoms with Crippen molar-refractivity contribution < 1.29 is 13.2 Å². The molecule has 3 nitrogen and oxygen atoms in total. The first-order chi connectivity index (χ1) is 14.7. The molecule has 0 saturated carbocycles. The van der Waals surface area contributed by atoms with Gasteiger partial charge in [-0.3, -0.25) is 0 Å². The van der Waals surface area contributed by atoms with Crippen LogP contribution in [0.2, 0.25) is 5.02 Å². The van der Waals surface area contributed by atoms with Crippen LogP contribution in [0.25, 0.3) is 16.8 Å². The molecule has 31 heavy (non-hydrogen) atoms. The fraction of sp³-hybridized carbons (Fsp3) is 0.217. The van der Waals surface area contributed by atoms with Crippen LogP contribution in [0.1, 0.15) is 30.0 Å². The number of nitriles is 1. The highest BCUT2D eigenvalue weighted by Gasteiger charge is 2.30. The van der Waals surface area contributed by atoms with Crippen LogP contribution in [0.15, 0.2) is 54.0 Å². The molecule has 3 rings (SSSR count). The van der Waals surface area contributed by atoms with E-state index in [9.17, 15) is 18.4 Å². The number of hydrogen-bond acceptors (Lipinski definition) is 4. The quantitative estimate of drug-likeness (QED) is 0.383. The van der Waals surface area contributed by atoms with E-state index in [1.165, 1.54) is 23.1 Å². The molecule has 0 spiro atoms. The van der Waals surface area contributed by atoms with Crippen LogP contribution in [0.3, 0.4) is 0 Å². The summed E-state index contributed by atoms with van der Waals surface area (Å²) in [5.41, 5.74) is 2.33. The van der Waals surface area contributed by atoms with E-state index in [4.69, 9.17) is 11.6 Å². The summed E-state index contributed by atoms with van der Waals surface area (Å²) in [6.45, 7) is 4.33. The van der Waals surface area contributed by atoms with Gasteiger partial charge in [0.15, 0.2) is 0 Å². The molecule has 0 aliphatic rings. The van der Waals surface area contributed by atoms with Gasteiger partial charge in [-0.1, -0.05) is 49.7 Å². The summed E-state index contributed by atoms with van der Waals surface area (Å²) in [7, 11) is 0. The highest BCUT2D eigenvalue weighted by Crippen LogP contribution is 2.34. The molecule has 0 atom stereocenters. The lowest BCUT2D eigenvalue weighted by Gasteiger charge is -2.10. The lowest BCUT2D eigenvalue weighted by atomic mass is 10.0. The van der Waals surface area contributed by atoms with Gasteiger partial charge in [0.2, 0.25) is 0 Å². The van der Waals surface area contributed by atoms with Crippen molar-refractivity contribution >= 4 is 34.2 Å². The Morgan fingerprint density at radius 3 is 2.55 bits per heavy atom. The zero-order valence-corrected chi connectivity index (χ0v) is 18.4. The summed E-state index contributed by atoms with van der Waals surface area (Å²) in [5.74, 6) is 0.567. The number of anilines is 1. The molecule has 2 aromatic carbocycles. The van der Waals surface area contributed by atoms with Crippen LogP contribution in [-0.2, 0) is 12.6 Å². The van der Waals surface area contributed by atoms with Crippen LogP contribution in [-0.4, -0.2) is 4.98 Å². The molecule has 0 bridgehead atoms. The summed E-state index contributed by atoms with van der Waals surface area (Å²) in [4.78, 5) is 4.51. The lowest BCUT2D eigenvalue weighted by molar-refractivity contribution is -0.137. The van der Waals surface area contributed by atoms with Gasteiger partial charge in [0.25, 0.3) is 0 Å². The number of allylic oxidation sites excluding steroid dienone is 1. The smallest absolute Gasteiger partial charge is 0.359 e. The predicted molar refractivity (Wildman–Crippen MR) is 120 cm³/mol. The first kappa shape index (κ1) is 22.9. The summed E-state index contributed by atoms with van der Waals surface area (Å²) in [5, 5.41) is 14.6. The highest BCUT2D eigenvalue weighted by atomic mass is 35.5. The van der Waals surface area contributed by atoms with E-state index >= 15 is 0 Å². The number of benzene rings is 2. The van der Waals surface area contributed by atoms with Gasteiger partial charge in [0, 0.05) is 17.1 Å². The van der Waals surface area contributed by atoms with Gasteiger partial charge >= 0.3 is 6.18 Å². The zero-order chi connectivity index (χ0) is 22.6. The van der Waals surface area contributed by atoms with E-state index < -0.39 is 11.7 Å². The van der Waals surface area contributed by atoms with Crippen LogP contribution >= 0.6 is 22.9 Å². The Hall–Kier alpha value is -2.82. The lowest BCUT2D eigenvalue weighted by Crippen LogP contribution is -2.05. The number of rotatable bonds is 6. The Bertz CT molecular complexity index is 1130. The van der Waals surface area contributed by atoms with E-state index in [1.807, 2.05) is 23.6 Å². The Labute approximate surface area is 187 Å². The van der Waals surface area contributed by atoms with Crippen molar-refractivity contribution in [2.24, 2.45) is 5.92 Å².